The molecule has 4 heteroatoms. The molecule has 2 aromatic heterocycles. The number of rotatable bonds is 2. The topological polar surface area (TPSA) is 53.1 Å². The first-order chi connectivity index (χ1) is 9.75. The molecule has 3 aromatic rings. The van der Waals surface area contributed by atoms with Gasteiger partial charge in [-0.2, -0.15) is 0 Å². The normalized spacial score (nSPS) is 17.5. The Hall–Kier alpha value is -1.91. The number of fused-ring (bicyclic) bond motifs is 3. The average Bonchev–Trinajstić information content (AvgIpc) is 2.73. The zero-order valence-corrected chi connectivity index (χ0v) is 11.5. The predicted molar refractivity (Wildman–Crippen MR) is 79.8 cm³/mol. The summed E-state index contributed by atoms with van der Waals surface area (Å²) in [5, 5.41) is 2.44. The summed E-state index contributed by atoms with van der Waals surface area (Å²) in [4.78, 5) is 4.26. The van der Waals surface area contributed by atoms with Crippen molar-refractivity contribution in [1.82, 2.24) is 9.55 Å². The third kappa shape index (κ3) is 1.40. The molecule has 3 heterocycles. The maximum absolute atomic E-state index is 5.97. The molecule has 20 heavy (non-hydrogen) atoms. The summed E-state index contributed by atoms with van der Waals surface area (Å²) in [6.45, 7) is 2.07. The molecule has 0 bridgehead atoms. The molecule has 0 spiro atoms. The fourth-order valence-corrected chi connectivity index (χ4v) is 3.14. The molecule has 4 nitrogen and oxygen atoms in total. The summed E-state index contributed by atoms with van der Waals surface area (Å²) < 4.78 is 7.60. The van der Waals surface area contributed by atoms with E-state index in [0.717, 1.165) is 13.2 Å². The molecule has 0 saturated carbocycles. The maximum atomic E-state index is 5.97. The molecule has 0 unspecified atom stereocenters. The Morgan fingerprint density at radius 1 is 1.25 bits per heavy atom. The highest BCUT2D eigenvalue weighted by Gasteiger charge is 2.39. The second-order valence-electron chi connectivity index (χ2n) is 5.66. The van der Waals surface area contributed by atoms with Crippen LogP contribution in [0.25, 0.3) is 21.8 Å². The lowest BCUT2D eigenvalue weighted by molar-refractivity contribution is -0.0549. The van der Waals surface area contributed by atoms with Gasteiger partial charge in [0.2, 0.25) is 0 Å². The highest BCUT2D eigenvalue weighted by Crippen LogP contribution is 2.35. The van der Waals surface area contributed by atoms with Crippen LogP contribution in [0, 0.1) is 0 Å². The number of nitrogens with zero attached hydrogens (tertiary/aromatic N) is 2. The van der Waals surface area contributed by atoms with Gasteiger partial charge < -0.3 is 15.0 Å². The first-order valence-corrected chi connectivity index (χ1v) is 6.86. The van der Waals surface area contributed by atoms with E-state index in [4.69, 9.17) is 10.5 Å². The molecular formula is C16H17N3O. The summed E-state index contributed by atoms with van der Waals surface area (Å²) in [5.41, 5.74) is 9.67. The Balaban J connectivity index is 2.01. The van der Waals surface area contributed by atoms with Gasteiger partial charge in [-0.25, -0.2) is 0 Å². The number of pyridine rings is 1. The second-order valence-corrected chi connectivity index (χ2v) is 5.66. The van der Waals surface area contributed by atoms with Gasteiger partial charge in [-0.3, -0.25) is 4.98 Å². The fourth-order valence-electron chi connectivity index (χ4n) is 3.14. The van der Waals surface area contributed by atoms with Crippen LogP contribution in [0.1, 0.15) is 5.56 Å². The fraction of sp³-hybridized carbons (Fsp3) is 0.312. The van der Waals surface area contributed by atoms with E-state index in [1.54, 1.807) is 0 Å². The van der Waals surface area contributed by atoms with Crippen molar-refractivity contribution >= 4 is 21.8 Å². The van der Waals surface area contributed by atoms with E-state index in [9.17, 15) is 0 Å². The van der Waals surface area contributed by atoms with E-state index in [-0.39, 0.29) is 5.41 Å². The van der Waals surface area contributed by atoms with Crippen LogP contribution < -0.4 is 5.73 Å². The van der Waals surface area contributed by atoms with Gasteiger partial charge in [0, 0.05) is 42.3 Å². The molecule has 0 aliphatic carbocycles. The molecule has 1 aliphatic rings. The summed E-state index contributed by atoms with van der Waals surface area (Å²) in [5.74, 6) is 0. The molecule has 4 rings (SSSR count). The van der Waals surface area contributed by atoms with Gasteiger partial charge in [0.15, 0.2) is 0 Å². The Bertz CT molecular complexity index is 796. The lowest BCUT2D eigenvalue weighted by Gasteiger charge is -2.41. The molecule has 102 valence electrons. The van der Waals surface area contributed by atoms with E-state index in [1.807, 2.05) is 12.4 Å². The zero-order valence-electron chi connectivity index (χ0n) is 11.5. The number of benzene rings is 1. The van der Waals surface area contributed by atoms with E-state index in [1.165, 1.54) is 27.4 Å². The number of aromatic nitrogens is 2. The van der Waals surface area contributed by atoms with Gasteiger partial charge in [0.1, 0.15) is 0 Å². The van der Waals surface area contributed by atoms with Crippen LogP contribution in [-0.2, 0) is 17.2 Å². The zero-order chi connectivity index (χ0) is 13.7. The molecule has 1 aliphatic heterocycles. The van der Waals surface area contributed by atoms with Gasteiger partial charge in [0.05, 0.1) is 24.1 Å². The average molecular weight is 267 g/mol. The third-order valence-corrected chi connectivity index (χ3v) is 4.57. The van der Waals surface area contributed by atoms with Crippen molar-refractivity contribution in [1.29, 1.82) is 0 Å². The molecule has 1 aromatic carbocycles. The number of aryl methyl sites for hydroxylation is 1. The van der Waals surface area contributed by atoms with Crippen LogP contribution in [-0.4, -0.2) is 29.3 Å². The largest absolute Gasteiger partial charge is 0.379 e. The summed E-state index contributed by atoms with van der Waals surface area (Å²) in [7, 11) is 2.09. The van der Waals surface area contributed by atoms with E-state index in [2.05, 4.69) is 40.9 Å². The minimum atomic E-state index is -0.00142. The summed E-state index contributed by atoms with van der Waals surface area (Å²) in [6, 6.07) is 8.68. The molecule has 0 amide bonds. The van der Waals surface area contributed by atoms with Crippen LogP contribution in [0.15, 0.2) is 36.7 Å². The van der Waals surface area contributed by atoms with Gasteiger partial charge in [-0.05, 0) is 23.8 Å². The lowest BCUT2D eigenvalue weighted by atomic mass is 9.78. The monoisotopic (exact) mass is 267 g/mol. The Morgan fingerprint density at radius 2 is 2.05 bits per heavy atom. The van der Waals surface area contributed by atoms with Crippen molar-refractivity contribution in [3.8, 4) is 0 Å². The number of hydrogen-bond donors (Lipinski definition) is 1. The number of hydrogen-bond acceptors (Lipinski definition) is 3. The van der Waals surface area contributed by atoms with Crippen molar-refractivity contribution in [2.45, 2.75) is 5.41 Å². The van der Waals surface area contributed by atoms with Crippen molar-refractivity contribution in [2.75, 3.05) is 19.8 Å². The molecule has 2 N–H and O–H groups in total. The van der Waals surface area contributed by atoms with E-state index < -0.39 is 0 Å². The molecular weight excluding hydrogens is 250 g/mol. The highest BCUT2D eigenvalue weighted by molar-refractivity contribution is 6.07. The SMILES string of the molecule is Cn1c2ccncc2c2cc(C3(CN)COC3)ccc21. The van der Waals surface area contributed by atoms with Gasteiger partial charge in [0.25, 0.3) is 0 Å². The van der Waals surface area contributed by atoms with Crippen LogP contribution >= 0.6 is 0 Å². The lowest BCUT2D eigenvalue weighted by Crippen LogP contribution is -2.52. The van der Waals surface area contributed by atoms with Crippen LogP contribution in [0.5, 0.6) is 0 Å². The standard InChI is InChI=1S/C16H17N3O/c1-19-14-3-2-11(16(8-17)9-20-10-16)6-12(14)13-7-18-5-4-15(13)19/h2-7H,8-10,17H2,1H3. The van der Waals surface area contributed by atoms with Crippen molar-refractivity contribution in [3.05, 3.63) is 42.2 Å². The molecule has 0 radical (unpaired) electrons. The number of nitrogens with two attached hydrogens (primary N) is 1. The second kappa shape index (κ2) is 4.04. The molecule has 1 fully saturated rings. The summed E-state index contributed by atoms with van der Waals surface area (Å²) >= 11 is 0. The predicted octanol–water partition coefficient (Wildman–Crippen LogP) is 1.95. The van der Waals surface area contributed by atoms with Crippen molar-refractivity contribution in [2.24, 2.45) is 12.8 Å². The first-order valence-electron chi connectivity index (χ1n) is 6.86. The van der Waals surface area contributed by atoms with Crippen LogP contribution in [0.4, 0.5) is 0 Å². The molecule has 1 saturated heterocycles. The molecule has 0 atom stereocenters. The minimum absolute atomic E-state index is 0.00142. The smallest absolute Gasteiger partial charge is 0.0597 e. The van der Waals surface area contributed by atoms with Crippen molar-refractivity contribution < 1.29 is 4.74 Å². The Labute approximate surface area is 117 Å². The van der Waals surface area contributed by atoms with Gasteiger partial charge in [-0.15, -0.1) is 0 Å². The maximum Gasteiger partial charge on any atom is 0.0597 e. The highest BCUT2D eigenvalue weighted by atomic mass is 16.5. The van der Waals surface area contributed by atoms with Gasteiger partial charge in [-0.1, -0.05) is 6.07 Å². The minimum Gasteiger partial charge on any atom is -0.379 e. The third-order valence-electron chi connectivity index (χ3n) is 4.57. The number of ether oxygens (including phenoxy) is 1. The Morgan fingerprint density at radius 3 is 2.75 bits per heavy atom. The quantitative estimate of drug-likeness (QED) is 0.772. The van der Waals surface area contributed by atoms with E-state index in [0.29, 0.717) is 6.54 Å². The summed E-state index contributed by atoms with van der Waals surface area (Å²) in [6.07, 6.45) is 3.77. The van der Waals surface area contributed by atoms with Gasteiger partial charge >= 0.3 is 0 Å². The van der Waals surface area contributed by atoms with E-state index >= 15 is 0 Å². The Kier molecular flexibility index (Phi) is 2.40. The first kappa shape index (κ1) is 11.9. The van der Waals surface area contributed by atoms with Crippen LogP contribution in [0.3, 0.4) is 0 Å². The van der Waals surface area contributed by atoms with Crippen molar-refractivity contribution in [3.63, 3.8) is 0 Å². The van der Waals surface area contributed by atoms with Crippen LogP contribution in [0.2, 0.25) is 0 Å².